The number of carbonyl (C=O) groups is 1. The van der Waals surface area contributed by atoms with Crippen molar-refractivity contribution in [3.8, 4) is 0 Å². The van der Waals surface area contributed by atoms with E-state index in [2.05, 4.69) is 5.10 Å². The van der Waals surface area contributed by atoms with Gasteiger partial charge in [-0.05, 0) is 24.6 Å². The summed E-state index contributed by atoms with van der Waals surface area (Å²) in [5.74, 6) is -0.605. The third-order valence-electron chi connectivity index (χ3n) is 4.23. The second-order valence-electron chi connectivity index (χ2n) is 6.11. The minimum absolute atomic E-state index is 0.0734. The molecule has 0 unspecified atom stereocenters. The lowest BCUT2D eigenvalue weighted by molar-refractivity contribution is 0.0471. The van der Waals surface area contributed by atoms with Gasteiger partial charge in [0.1, 0.15) is 17.3 Å². The van der Waals surface area contributed by atoms with Gasteiger partial charge < -0.3 is 9.47 Å². The van der Waals surface area contributed by atoms with Gasteiger partial charge in [0.25, 0.3) is 0 Å². The van der Waals surface area contributed by atoms with Gasteiger partial charge in [-0.2, -0.15) is 9.40 Å². The van der Waals surface area contributed by atoms with Crippen LogP contribution in [0, 0.1) is 6.92 Å². The summed E-state index contributed by atoms with van der Waals surface area (Å²) in [7, 11) is -1.98. The van der Waals surface area contributed by atoms with Gasteiger partial charge in [0.2, 0.25) is 10.0 Å². The number of esters is 1. The highest BCUT2D eigenvalue weighted by Crippen LogP contribution is 2.22. The topological polar surface area (TPSA) is 90.7 Å². The standard InChI is InChI=1S/C17H20ClN3O5S/c1-12-15(16(18)20(2)19-12)17(22)26-11-13-4-3-5-14(10-13)27(23,24)21-6-8-25-9-7-21/h3-5,10H,6-9,11H2,1-2H3. The molecular formula is C17H20ClN3O5S. The van der Waals surface area contributed by atoms with Crippen LogP contribution < -0.4 is 0 Å². The molecule has 2 heterocycles. The molecule has 1 aromatic carbocycles. The Kier molecular flexibility index (Phi) is 5.85. The molecule has 1 aliphatic rings. The number of halogens is 1. The average Bonchev–Trinajstić information content (AvgIpc) is 2.92. The van der Waals surface area contributed by atoms with Gasteiger partial charge in [0, 0.05) is 20.1 Å². The highest BCUT2D eigenvalue weighted by molar-refractivity contribution is 7.89. The van der Waals surface area contributed by atoms with Crippen LogP contribution in [0.3, 0.4) is 0 Å². The van der Waals surface area contributed by atoms with Gasteiger partial charge in [-0.1, -0.05) is 23.7 Å². The zero-order valence-corrected chi connectivity index (χ0v) is 16.6. The van der Waals surface area contributed by atoms with E-state index >= 15 is 0 Å². The number of hydrogen-bond donors (Lipinski definition) is 0. The molecule has 0 radical (unpaired) electrons. The van der Waals surface area contributed by atoms with E-state index in [1.165, 1.54) is 21.1 Å². The van der Waals surface area contributed by atoms with Crippen molar-refractivity contribution in [3.05, 3.63) is 46.2 Å². The Balaban J connectivity index is 1.73. The van der Waals surface area contributed by atoms with Gasteiger partial charge in [-0.3, -0.25) is 4.68 Å². The Labute approximate surface area is 162 Å². The maximum absolute atomic E-state index is 12.7. The van der Waals surface area contributed by atoms with Crippen LogP contribution in [0.4, 0.5) is 0 Å². The van der Waals surface area contributed by atoms with Gasteiger partial charge in [-0.25, -0.2) is 13.2 Å². The number of hydrogen-bond acceptors (Lipinski definition) is 6. The van der Waals surface area contributed by atoms with Crippen LogP contribution in [0.25, 0.3) is 0 Å². The largest absolute Gasteiger partial charge is 0.457 e. The second kappa shape index (κ2) is 7.97. The molecule has 0 amide bonds. The van der Waals surface area contributed by atoms with E-state index in [-0.39, 0.29) is 22.2 Å². The zero-order valence-electron chi connectivity index (χ0n) is 15.0. The summed E-state index contributed by atoms with van der Waals surface area (Å²) in [5.41, 5.74) is 1.24. The predicted octanol–water partition coefficient (Wildman–Crippen LogP) is 1.76. The molecule has 0 atom stereocenters. The molecule has 10 heteroatoms. The van der Waals surface area contributed by atoms with Gasteiger partial charge >= 0.3 is 5.97 Å². The van der Waals surface area contributed by atoms with Crippen molar-refractivity contribution >= 4 is 27.6 Å². The zero-order chi connectivity index (χ0) is 19.6. The van der Waals surface area contributed by atoms with Crippen molar-refractivity contribution < 1.29 is 22.7 Å². The minimum atomic E-state index is -3.61. The molecule has 0 aliphatic carbocycles. The number of nitrogens with zero attached hydrogens (tertiary/aromatic N) is 3. The van der Waals surface area contributed by atoms with E-state index < -0.39 is 16.0 Å². The maximum Gasteiger partial charge on any atom is 0.343 e. The molecule has 0 saturated carbocycles. The number of sulfonamides is 1. The molecule has 1 aromatic heterocycles. The first-order valence-corrected chi connectivity index (χ1v) is 10.2. The molecule has 146 valence electrons. The lowest BCUT2D eigenvalue weighted by atomic mass is 10.2. The lowest BCUT2D eigenvalue weighted by Gasteiger charge is -2.26. The normalized spacial score (nSPS) is 15.7. The number of rotatable bonds is 5. The molecule has 27 heavy (non-hydrogen) atoms. The fourth-order valence-electron chi connectivity index (χ4n) is 2.81. The summed E-state index contributed by atoms with van der Waals surface area (Å²) in [6, 6.07) is 6.36. The fraction of sp³-hybridized carbons (Fsp3) is 0.412. The van der Waals surface area contributed by atoms with Gasteiger partial charge in [0.05, 0.1) is 23.8 Å². The summed E-state index contributed by atoms with van der Waals surface area (Å²) in [6.07, 6.45) is 0. The molecule has 3 rings (SSSR count). The molecule has 0 bridgehead atoms. The van der Waals surface area contributed by atoms with Crippen LogP contribution in [-0.2, 0) is 33.2 Å². The molecular weight excluding hydrogens is 394 g/mol. The first kappa shape index (κ1) is 19.8. The quantitative estimate of drug-likeness (QED) is 0.694. The van der Waals surface area contributed by atoms with Crippen molar-refractivity contribution in [3.63, 3.8) is 0 Å². The lowest BCUT2D eigenvalue weighted by Crippen LogP contribution is -2.40. The number of benzene rings is 1. The maximum atomic E-state index is 12.7. The number of aryl methyl sites for hydroxylation is 2. The van der Waals surface area contributed by atoms with Crippen molar-refractivity contribution in [2.75, 3.05) is 26.3 Å². The monoisotopic (exact) mass is 413 g/mol. The van der Waals surface area contributed by atoms with E-state index in [0.29, 0.717) is 37.6 Å². The van der Waals surface area contributed by atoms with Crippen molar-refractivity contribution in [2.45, 2.75) is 18.4 Å². The molecule has 0 N–H and O–H groups in total. The SMILES string of the molecule is Cc1nn(C)c(Cl)c1C(=O)OCc1cccc(S(=O)(=O)N2CCOCC2)c1. The minimum Gasteiger partial charge on any atom is -0.457 e. The van der Waals surface area contributed by atoms with Gasteiger partial charge in [-0.15, -0.1) is 0 Å². The van der Waals surface area contributed by atoms with E-state index in [1.807, 2.05) is 0 Å². The second-order valence-corrected chi connectivity index (χ2v) is 8.41. The van der Waals surface area contributed by atoms with Crippen LogP contribution in [0.15, 0.2) is 29.2 Å². The number of ether oxygens (including phenoxy) is 2. The molecule has 1 fully saturated rings. The summed E-state index contributed by atoms with van der Waals surface area (Å²) in [6.45, 7) is 2.98. The van der Waals surface area contributed by atoms with Crippen LogP contribution in [0.2, 0.25) is 5.15 Å². The van der Waals surface area contributed by atoms with Crippen molar-refractivity contribution in [1.82, 2.24) is 14.1 Å². The summed E-state index contributed by atoms with van der Waals surface area (Å²) >= 11 is 6.07. The molecule has 0 spiro atoms. The summed E-state index contributed by atoms with van der Waals surface area (Å²) in [4.78, 5) is 12.5. The van der Waals surface area contributed by atoms with E-state index in [9.17, 15) is 13.2 Å². The van der Waals surface area contributed by atoms with Gasteiger partial charge in [0.15, 0.2) is 0 Å². The first-order chi connectivity index (χ1) is 12.8. The molecule has 1 saturated heterocycles. The van der Waals surface area contributed by atoms with Crippen LogP contribution >= 0.6 is 11.6 Å². The summed E-state index contributed by atoms with van der Waals surface area (Å²) in [5, 5.41) is 4.27. The van der Waals surface area contributed by atoms with Crippen LogP contribution in [0.1, 0.15) is 21.6 Å². The number of morpholine rings is 1. The Hall–Kier alpha value is -1.94. The van der Waals surface area contributed by atoms with E-state index in [4.69, 9.17) is 21.1 Å². The average molecular weight is 414 g/mol. The third-order valence-corrected chi connectivity index (χ3v) is 6.56. The smallest absolute Gasteiger partial charge is 0.343 e. The fourth-order valence-corrected chi connectivity index (χ4v) is 4.55. The van der Waals surface area contributed by atoms with E-state index in [1.54, 1.807) is 26.1 Å². The highest BCUT2D eigenvalue weighted by atomic mass is 35.5. The van der Waals surface area contributed by atoms with Crippen molar-refractivity contribution in [1.29, 1.82) is 0 Å². The van der Waals surface area contributed by atoms with E-state index in [0.717, 1.165) is 0 Å². The Bertz CT molecular complexity index is 951. The van der Waals surface area contributed by atoms with Crippen LogP contribution in [0.5, 0.6) is 0 Å². The third kappa shape index (κ3) is 4.16. The highest BCUT2D eigenvalue weighted by Gasteiger charge is 2.26. The van der Waals surface area contributed by atoms with Crippen molar-refractivity contribution in [2.24, 2.45) is 7.05 Å². The predicted molar refractivity (Wildman–Crippen MR) is 98.1 cm³/mol. The Morgan fingerprint density at radius 1 is 1.33 bits per heavy atom. The number of aromatic nitrogens is 2. The molecule has 2 aromatic rings. The number of carbonyl (C=O) groups excluding carboxylic acids is 1. The molecule has 1 aliphatic heterocycles. The molecule has 8 nitrogen and oxygen atoms in total. The summed E-state index contributed by atoms with van der Waals surface area (Å²) < 4.78 is 38.7. The Morgan fingerprint density at radius 2 is 2.04 bits per heavy atom. The van der Waals surface area contributed by atoms with Crippen LogP contribution in [-0.4, -0.2) is 54.8 Å². The Morgan fingerprint density at radius 3 is 2.67 bits per heavy atom. The first-order valence-electron chi connectivity index (χ1n) is 8.34.